The lowest BCUT2D eigenvalue weighted by atomic mass is 10.0. The van der Waals surface area contributed by atoms with E-state index in [0.717, 1.165) is 5.52 Å². The molecule has 1 aliphatic carbocycles. The third kappa shape index (κ3) is 1.64. The van der Waals surface area contributed by atoms with Crippen molar-refractivity contribution in [1.29, 1.82) is 0 Å². The first-order chi connectivity index (χ1) is 8.84. The first kappa shape index (κ1) is 12.1. The fraction of sp³-hybridized carbons (Fsp3) is 0.500. The van der Waals surface area contributed by atoms with Gasteiger partial charge in [-0.2, -0.15) is 0 Å². The second kappa shape index (κ2) is 3.56. The maximum Gasteiger partial charge on any atom is 0.270 e. The second-order valence-electron chi connectivity index (χ2n) is 6.32. The SMILES string of the molecule is CC1(C)C(NC(=O)c2ccc3[nH]cnc3n2)C1(C)C. The number of pyridine rings is 1. The molecule has 0 unspecified atom stereocenters. The number of fused-ring (bicyclic) bond motifs is 1. The number of imidazole rings is 1. The van der Waals surface area contributed by atoms with Crippen molar-refractivity contribution in [2.24, 2.45) is 10.8 Å². The second-order valence-corrected chi connectivity index (χ2v) is 6.32. The van der Waals surface area contributed by atoms with Crippen LogP contribution in [0, 0.1) is 10.8 Å². The molecule has 5 nitrogen and oxygen atoms in total. The number of hydrogen-bond donors (Lipinski definition) is 2. The van der Waals surface area contributed by atoms with Crippen LogP contribution in [0.1, 0.15) is 38.2 Å². The smallest absolute Gasteiger partial charge is 0.270 e. The molecule has 0 radical (unpaired) electrons. The molecule has 1 fully saturated rings. The van der Waals surface area contributed by atoms with E-state index >= 15 is 0 Å². The van der Waals surface area contributed by atoms with Crippen LogP contribution >= 0.6 is 0 Å². The summed E-state index contributed by atoms with van der Waals surface area (Å²) in [6.07, 6.45) is 1.58. The largest absolute Gasteiger partial charge is 0.347 e. The van der Waals surface area contributed by atoms with Gasteiger partial charge in [0, 0.05) is 6.04 Å². The Morgan fingerprint density at radius 2 is 1.95 bits per heavy atom. The average Bonchev–Trinajstić information content (AvgIpc) is 2.76. The minimum absolute atomic E-state index is 0.124. The van der Waals surface area contributed by atoms with Crippen molar-refractivity contribution >= 4 is 17.1 Å². The molecular formula is C14H18N4O. The molecule has 5 heteroatoms. The standard InChI is InChI=1S/C14H18N4O/c1-13(2)12(14(13,3)4)18-11(19)9-6-5-8-10(17-9)16-7-15-8/h5-7,12H,1-4H3,(H,18,19)(H,15,16,17). The lowest BCUT2D eigenvalue weighted by molar-refractivity contribution is 0.0939. The maximum absolute atomic E-state index is 12.2. The summed E-state index contributed by atoms with van der Waals surface area (Å²) in [4.78, 5) is 23.5. The number of hydrogen-bond acceptors (Lipinski definition) is 3. The number of aromatic nitrogens is 3. The molecule has 1 amide bonds. The van der Waals surface area contributed by atoms with Crippen molar-refractivity contribution in [2.75, 3.05) is 0 Å². The molecule has 0 aromatic carbocycles. The molecule has 0 bridgehead atoms. The molecule has 0 atom stereocenters. The van der Waals surface area contributed by atoms with E-state index in [-0.39, 0.29) is 22.8 Å². The Kier molecular flexibility index (Phi) is 2.27. The molecule has 0 spiro atoms. The summed E-state index contributed by atoms with van der Waals surface area (Å²) in [7, 11) is 0. The third-order valence-electron chi connectivity index (χ3n) is 4.81. The van der Waals surface area contributed by atoms with Gasteiger partial charge in [-0.3, -0.25) is 4.79 Å². The van der Waals surface area contributed by atoms with E-state index < -0.39 is 0 Å². The van der Waals surface area contributed by atoms with E-state index in [4.69, 9.17) is 0 Å². The Hall–Kier alpha value is -1.91. The maximum atomic E-state index is 12.2. The van der Waals surface area contributed by atoms with Crippen LogP contribution in [0.25, 0.3) is 11.2 Å². The van der Waals surface area contributed by atoms with Crippen LogP contribution in [-0.2, 0) is 0 Å². The number of carbonyl (C=O) groups is 1. The normalized spacial score (nSPS) is 20.4. The number of amides is 1. The predicted octanol–water partition coefficient (Wildman–Crippen LogP) is 2.12. The van der Waals surface area contributed by atoms with Crippen LogP contribution in [0.5, 0.6) is 0 Å². The zero-order chi connectivity index (χ0) is 13.8. The molecule has 2 aromatic heterocycles. The molecule has 3 rings (SSSR count). The minimum atomic E-state index is -0.131. The van der Waals surface area contributed by atoms with Gasteiger partial charge in [-0.15, -0.1) is 0 Å². The first-order valence-electron chi connectivity index (χ1n) is 6.45. The summed E-state index contributed by atoms with van der Waals surface area (Å²) in [5.74, 6) is -0.131. The quantitative estimate of drug-likeness (QED) is 0.866. The summed E-state index contributed by atoms with van der Waals surface area (Å²) >= 11 is 0. The van der Waals surface area contributed by atoms with Crippen molar-refractivity contribution in [3.05, 3.63) is 24.2 Å². The summed E-state index contributed by atoms with van der Waals surface area (Å²) in [6, 6.07) is 3.73. The highest BCUT2D eigenvalue weighted by molar-refractivity contribution is 5.94. The van der Waals surface area contributed by atoms with E-state index in [0.29, 0.717) is 11.3 Å². The Morgan fingerprint density at radius 3 is 2.58 bits per heavy atom. The van der Waals surface area contributed by atoms with Crippen LogP contribution in [0.3, 0.4) is 0 Å². The van der Waals surface area contributed by atoms with Gasteiger partial charge in [-0.1, -0.05) is 27.7 Å². The third-order valence-corrected chi connectivity index (χ3v) is 4.81. The number of carbonyl (C=O) groups excluding carboxylic acids is 1. The molecule has 2 heterocycles. The Balaban J connectivity index is 1.81. The summed E-state index contributed by atoms with van der Waals surface area (Å²) in [6.45, 7) is 8.68. The zero-order valence-electron chi connectivity index (χ0n) is 11.6. The van der Waals surface area contributed by atoms with E-state index in [1.807, 2.05) is 6.07 Å². The van der Waals surface area contributed by atoms with Crippen molar-refractivity contribution in [1.82, 2.24) is 20.3 Å². The molecule has 0 saturated heterocycles. The van der Waals surface area contributed by atoms with E-state index in [9.17, 15) is 4.79 Å². The van der Waals surface area contributed by atoms with Crippen molar-refractivity contribution in [3.63, 3.8) is 0 Å². The lowest BCUT2D eigenvalue weighted by Gasteiger charge is -2.06. The van der Waals surface area contributed by atoms with Crippen LogP contribution in [0.4, 0.5) is 0 Å². The van der Waals surface area contributed by atoms with Crippen molar-refractivity contribution in [3.8, 4) is 0 Å². The molecule has 2 N–H and O–H groups in total. The van der Waals surface area contributed by atoms with E-state index in [2.05, 4.69) is 48.0 Å². The molecule has 100 valence electrons. The van der Waals surface area contributed by atoms with Gasteiger partial charge in [-0.05, 0) is 23.0 Å². The van der Waals surface area contributed by atoms with Gasteiger partial charge in [0.25, 0.3) is 5.91 Å². The van der Waals surface area contributed by atoms with Crippen LogP contribution in [0.2, 0.25) is 0 Å². The minimum Gasteiger partial charge on any atom is -0.347 e. The molecular weight excluding hydrogens is 240 g/mol. The van der Waals surface area contributed by atoms with Gasteiger partial charge in [-0.25, -0.2) is 9.97 Å². The highest BCUT2D eigenvalue weighted by Gasteiger charge is 2.65. The monoisotopic (exact) mass is 258 g/mol. The fourth-order valence-electron chi connectivity index (χ4n) is 2.71. The Bertz CT molecular complexity index is 642. The topological polar surface area (TPSA) is 70.7 Å². The van der Waals surface area contributed by atoms with Gasteiger partial charge in [0.1, 0.15) is 5.69 Å². The van der Waals surface area contributed by atoms with Crippen LogP contribution in [-0.4, -0.2) is 26.9 Å². The highest BCUT2D eigenvalue weighted by atomic mass is 16.2. The van der Waals surface area contributed by atoms with Crippen LogP contribution in [0.15, 0.2) is 18.5 Å². The van der Waals surface area contributed by atoms with Gasteiger partial charge in [0.2, 0.25) is 0 Å². The van der Waals surface area contributed by atoms with Crippen molar-refractivity contribution in [2.45, 2.75) is 33.7 Å². The average molecular weight is 258 g/mol. The highest BCUT2D eigenvalue weighted by Crippen LogP contribution is 2.62. The van der Waals surface area contributed by atoms with E-state index in [1.165, 1.54) is 0 Å². The summed E-state index contributed by atoms with van der Waals surface area (Å²) in [5.41, 5.74) is 2.07. The summed E-state index contributed by atoms with van der Waals surface area (Å²) in [5, 5.41) is 3.07. The van der Waals surface area contributed by atoms with Gasteiger partial charge >= 0.3 is 0 Å². The number of nitrogens with one attached hydrogen (secondary N) is 2. The van der Waals surface area contributed by atoms with Gasteiger partial charge in [0.15, 0.2) is 5.65 Å². The zero-order valence-corrected chi connectivity index (χ0v) is 11.6. The number of H-pyrrole nitrogens is 1. The lowest BCUT2D eigenvalue weighted by Crippen LogP contribution is -2.30. The van der Waals surface area contributed by atoms with E-state index in [1.54, 1.807) is 12.4 Å². The molecule has 0 aliphatic heterocycles. The number of rotatable bonds is 2. The van der Waals surface area contributed by atoms with Crippen LogP contribution < -0.4 is 5.32 Å². The van der Waals surface area contributed by atoms with Crippen molar-refractivity contribution < 1.29 is 4.79 Å². The Morgan fingerprint density at radius 1 is 1.26 bits per heavy atom. The molecule has 19 heavy (non-hydrogen) atoms. The van der Waals surface area contributed by atoms with Gasteiger partial charge in [0.05, 0.1) is 11.8 Å². The molecule has 1 aliphatic rings. The first-order valence-corrected chi connectivity index (χ1v) is 6.45. The Labute approximate surface area is 111 Å². The number of aromatic amines is 1. The van der Waals surface area contributed by atoms with Gasteiger partial charge < -0.3 is 10.3 Å². The number of nitrogens with zero attached hydrogens (tertiary/aromatic N) is 2. The fourth-order valence-corrected chi connectivity index (χ4v) is 2.71. The molecule has 2 aromatic rings. The predicted molar refractivity (Wildman–Crippen MR) is 72.7 cm³/mol. The molecule has 1 saturated carbocycles. The summed E-state index contributed by atoms with van der Waals surface area (Å²) < 4.78 is 0.